The van der Waals surface area contributed by atoms with Crippen LogP contribution in [0.15, 0.2) is 43.1 Å². The van der Waals surface area contributed by atoms with Gasteiger partial charge in [0.05, 0.1) is 12.9 Å². The lowest BCUT2D eigenvalue weighted by atomic mass is 9.96. The second-order valence-electron chi connectivity index (χ2n) is 8.59. The van der Waals surface area contributed by atoms with E-state index in [1.165, 1.54) is 24.1 Å². The zero-order chi connectivity index (χ0) is 24.0. The summed E-state index contributed by atoms with van der Waals surface area (Å²) in [5.41, 5.74) is 6.50. The van der Waals surface area contributed by atoms with Crippen LogP contribution in [0.4, 0.5) is 5.82 Å². The highest BCUT2D eigenvalue weighted by Crippen LogP contribution is 2.39. The largest absolute Gasteiger partial charge is 0.394 e. The Hall–Kier alpha value is -3.58. The number of fused-ring (bicyclic) bond motifs is 2. The van der Waals surface area contributed by atoms with Gasteiger partial charge in [-0.25, -0.2) is 15.0 Å². The van der Waals surface area contributed by atoms with Crippen LogP contribution in [0, 0.1) is 0 Å². The lowest BCUT2D eigenvalue weighted by Gasteiger charge is -2.27. The molecule has 4 aromatic rings. The number of primary amides is 1. The molecule has 5 atom stereocenters. The van der Waals surface area contributed by atoms with E-state index >= 15 is 0 Å². The van der Waals surface area contributed by atoms with Crippen molar-refractivity contribution in [1.29, 1.82) is 0 Å². The molecule has 34 heavy (non-hydrogen) atoms. The number of anilines is 1. The van der Waals surface area contributed by atoms with Crippen LogP contribution in [0.2, 0.25) is 0 Å². The van der Waals surface area contributed by atoms with Gasteiger partial charge in [0, 0.05) is 23.5 Å². The van der Waals surface area contributed by atoms with Crippen molar-refractivity contribution >= 4 is 33.8 Å². The van der Waals surface area contributed by atoms with E-state index in [2.05, 4.69) is 25.3 Å². The number of aromatic amines is 1. The molecule has 178 valence electrons. The minimum absolute atomic E-state index is 0.282. The van der Waals surface area contributed by atoms with Gasteiger partial charge in [-0.2, -0.15) is 0 Å². The van der Waals surface area contributed by atoms with Crippen LogP contribution in [0.5, 0.6) is 0 Å². The second kappa shape index (κ2) is 8.33. The molecule has 1 aliphatic rings. The van der Waals surface area contributed by atoms with Crippen molar-refractivity contribution in [3.05, 3.63) is 48.7 Å². The van der Waals surface area contributed by atoms with Crippen molar-refractivity contribution in [1.82, 2.24) is 24.5 Å². The maximum Gasteiger partial charge on any atom is 0.240 e. The Morgan fingerprint density at radius 3 is 2.88 bits per heavy atom. The van der Waals surface area contributed by atoms with E-state index < -0.39 is 42.6 Å². The normalized spacial score (nSPS) is 25.7. The summed E-state index contributed by atoms with van der Waals surface area (Å²) in [7, 11) is 0. The molecule has 5 rings (SSSR count). The number of rotatable bonds is 7. The Kier molecular flexibility index (Phi) is 5.44. The van der Waals surface area contributed by atoms with Gasteiger partial charge in [0.2, 0.25) is 5.91 Å². The number of benzene rings is 1. The number of imidazole rings is 1. The van der Waals surface area contributed by atoms with Crippen LogP contribution >= 0.6 is 0 Å². The van der Waals surface area contributed by atoms with E-state index in [0.717, 1.165) is 16.5 Å². The summed E-state index contributed by atoms with van der Waals surface area (Å²) in [6.07, 6.45) is 1.52. The zero-order valence-electron chi connectivity index (χ0n) is 18.3. The molecule has 0 radical (unpaired) electrons. The van der Waals surface area contributed by atoms with E-state index in [1.54, 1.807) is 0 Å². The molecule has 0 spiro atoms. The molecule has 0 saturated carbocycles. The Balaban J connectivity index is 1.46. The lowest BCUT2D eigenvalue weighted by Crippen LogP contribution is -2.44. The molecular formula is C22H25N7O5. The molecule has 0 aliphatic carbocycles. The topological polar surface area (TPSA) is 184 Å². The summed E-state index contributed by atoms with van der Waals surface area (Å²) in [4.78, 5) is 28.3. The molecule has 1 aromatic carbocycles. The lowest BCUT2D eigenvalue weighted by molar-refractivity contribution is -0.118. The molecule has 12 nitrogen and oxygen atoms in total. The number of ether oxygens (including phenoxy) is 1. The van der Waals surface area contributed by atoms with E-state index in [-0.39, 0.29) is 5.82 Å². The molecule has 0 bridgehead atoms. The number of hydrogen-bond donors (Lipinski definition) is 6. The molecule has 3 aromatic heterocycles. The highest BCUT2D eigenvalue weighted by Gasteiger charge is 2.53. The Bertz CT molecular complexity index is 1350. The number of aromatic nitrogens is 5. The predicted octanol–water partition coefficient (Wildman–Crippen LogP) is -0.182. The number of H-pyrrole nitrogens is 1. The van der Waals surface area contributed by atoms with Gasteiger partial charge in [-0.05, 0) is 18.6 Å². The number of nitrogens with zero attached hydrogens (tertiary/aromatic N) is 4. The van der Waals surface area contributed by atoms with Gasteiger partial charge in [0.25, 0.3) is 0 Å². The summed E-state index contributed by atoms with van der Waals surface area (Å²) in [6, 6.07) is 6.98. The second-order valence-corrected chi connectivity index (χ2v) is 8.59. The fourth-order valence-corrected chi connectivity index (χ4v) is 4.43. The van der Waals surface area contributed by atoms with Crippen molar-refractivity contribution in [2.75, 3.05) is 11.9 Å². The SMILES string of the molecule is C[C@@]1(O)C(O)C(CO)OC1n1cnc2c(NC(Cc3c[nH]c4ccccc34)C(N)=O)ncnc21. The molecule has 1 aliphatic heterocycles. The third kappa shape index (κ3) is 3.56. The molecular weight excluding hydrogens is 442 g/mol. The molecule has 12 heteroatoms. The number of carbonyl (C=O) groups excluding carboxylic acids is 1. The first-order valence-electron chi connectivity index (χ1n) is 10.8. The number of hydrogen-bond acceptors (Lipinski definition) is 9. The zero-order valence-corrected chi connectivity index (χ0v) is 18.3. The summed E-state index contributed by atoms with van der Waals surface area (Å²) >= 11 is 0. The maximum atomic E-state index is 12.3. The summed E-state index contributed by atoms with van der Waals surface area (Å²) in [6.45, 7) is 0.949. The third-order valence-corrected chi connectivity index (χ3v) is 6.30. The average Bonchev–Trinajstić information content (AvgIpc) is 3.49. The summed E-state index contributed by atoms with van der Waals surface area (Å²) < 4.78 is 7.13. The van der Waals surface area contributed by atoms with Crippen LogP contribution in [-0.2, 0) is 16.0 Å². The van der Waals surface area contributed by atoms with Gasteiger partial charge < -0.3 is 36.1 Å². The number of nitrogens with two attached hydrogens (primary N) is 1. The summed E-state index contributed by atoms with van der Waals surface area (Å²) in [5, 5.41) is 34.7. The number of aliphatic hydroxyl groups is 3. The van der Waals surface area contributed by atoms with E-state index in [0.29, 0.717) is 17.6 Å². The Morgan fingerprint density at radius 2 is 2.15 bits per heavy atom. The number of para-hydroxylation sites is 1. The number of amides is 1. The van der Waals surface area contributed by atoms with Crippen molar-refractivity contribution < 1.29 is 24.9 Å². The maximum absolute atomic E-state index is 12.3. The fraction of sp³-hybridized carbons (Fsp3) is 0.364. The van der Waals surface area contributed by atoms with Crippen LogP contribution < -0.4 is 11.1 Å². The summed E-state index contributed by atoms with van der Waals surface area (Å²) in [5.74, 6) is -0.281. The monoisotopic (exact) mass is 467 g/mol. The van der Waals surface area contributed by atoms with E-state index in [9.17, 15) is 20.1 Å². The van der Waals surface area contributed by atoms with Gasteiger partial charge in [0.1, 0.15) is 30.2 Å². The molecule has 7 N–H and O–H groups in total. The quantitative estimate of drug-likeness (QED) is 0.214. The first kappa shape index (κ1) is 22.2. The predicted molar refractivity (Wildman–Crippen MR) is 122 cm³/mol. The minimum Gasteiger partial charge on any atom is -0.394 e. The fourth-order valence-electron chi connectivity index (χ4n) is 4.43. The average molecular weight is 467 g/mol. The Morgan fingerprint density at radius 1 is 1.35 bits per heavy atom. The molecule has 1 saturated heterocycles. The third-order valence-electron chi connectivity index (χ3n) is 6.30. The molecule has 1 amide bonds. The van der Waals surface area contributed by atoms with Crippen molar-refractivity contribution in [3.63, 3.8) is 0 Å². The van der Waals surface area contributed by atoms with E-state index in [1.807, 2.05) is 30.5 Å². The van der Waals surface area contributed by atoms with Gasteiger partial charge in [-0.3, -0.25) is 9.36 Å². The van der Waals surface area contributed by atoms with Gasteiger partial charge in [-0.15, -0.1) is 0 Å². The minimum atomic E-state index is -1.70. The number of carbonyl (C=O) groups is 1. The molecule has 4 heterocycles. The Labute approximate surface area is 193 Å². The van der Waals surface area contributed by atoms with Crippen LogP contribution in [-0.4, -0.2) is 76.2 Å². The molecule has 4 unspecified atom stereocenters. The van der Waals surface area contributed by atoms with Crippen molar-refractivity contribution in [2.24, 2.45) is 5.73 Å². The standard InChI is InChI=1S/C22H25N7O5/c1-22(33)17(31)15(8-30)34-21(22)29-10-27-16-19(25-9-26-20(16)29)28-14(18(23)32)6-11-7-24-13-5-3-2-4-12(11)13/h2-5,7,9-10,14-15,17,21,24,30-31,33H,6,8H2,1H3,(H2,23,32)(H,25,26,28)/t14?,15?,17?,21?,22-/m1/s1. The number of aliphatic hydroxyl groups excluding tert-OH is 2. The highest BCUT2D eigenvalue weighted by atomic mass is 16.6. The van der Waals surface area contributed by atoms with Crippen molar-refractivity contribution in [2.45, 2.75) is 43.4 Å². The van der Waals surface area contributed by atoms with Gasteiger partial charge in [-0.1, -0.05) is 18.2 Å². The van der Waals surface area contributed by atoms with Crippen LogP contribution in [0.25, 0.3) is 22.1 Å². The van der Waals surface area contributed by atoms with Crippen molar-refractivity contribution in [3.8, 4) is 0 Å². The van der Waals surface area contributed by atoms with Gasteiger partial charge >= 0.3 is 0 Å². The highest BCUT2D eigenvalue weighted by molar-refractivity contribution is 5.89. The first-order valence-corrected chi connectivity index (χ1v) is 10.8. The van der Waals surface area contributed by atoms with Gasteiger partial charge in [0.15, 0.2) is 23.2 Å². The smallest absolute Gasteiger partial charge is 0.240 e. The molecule has 1 fully saturated rings. The number of nitrogens with one attached hydrogen (secondary N) is 2. The van der Waals surface area contributed by atoms with Crippen LogP contribution in [0.3, 0.4) is 0 Å². The van der Waals surface area contributed by atoms with Crippen LogP contribution in [0.1, 0.15) is 18.7 Å². The first-order chi connectivity index (χ1) is 16.3. The van der Waals surface area contributed by atoms with E-state index in [4.69, 9.17) is 10.5 Å².